The van der Waals surface area contributed by atoms with Crippen molar-refractivity contribution in [3.63, 3.8) is 0 Å². The summed E-state index contributed by atoms with van der Waals surface area (Å²) in [6.45, 7) is 6.52. The van der Waals surface area contributed by atoms with Crippen molar-refractivity contribution in [2.75, 3.05) is 51.2 Å². The van der Waals surface area contributed by atoms with Crippen molar-refractivity contribution < 1.29 is 0 Å². The SMILES string of the molecule is CN=C(NCC1CCN(c2ccccc2)C1)NCC(c1cccs1)N1CCCC1.I. The van der Waals surface area contributed by atoms with Crippen molar-refractivity contribution in [2.45, 2.75) is 25.3 Å². The fourth-order valence-electron chi connectivity index (χ4n) is 4.47. The molecule has 7 heteroatoms. The summed E-state index contributed by atoms with van der Waals surface area (Å²) in [6.07, 6.45) is 3.85. The van der Waals surface area contributed by atoms with E-state index in [1.165, 1.54) is 42.9 Å². The number of aliphatic imine (C=N–C) groups is 1. The van der Waals surface area contributed by atoms with Gasteiger partial charge in [0.2, 0.25) is 0 Å². The third-order valence-corrected chi connectivity index (χ3v) is 7.08. The molecule has 2 aliphatic heterocycles. The van der Waals surface area contributed by atoms with Gasteiger partial charge >= 0.3 is 0 Å². The highest BCUT2D eigenvalue weighted by Crippen LogP contribution is 2.28. The number of hydrogen-bond acceptors (Lipinski definition) is 4. The Bertz CT molecular complexity index is 761. The fourth-order valence-corrected chi connectivity index (χ4v) is 5.33. The van der Waals surface area contributed by atoms with Gasteiger partial charge in [0.15, 0.2) is 5.96 Å². The topological polar surface area (TPSA) is 42.9 Å². The van der Waals surface area contributed by atoms with Gasteiger partial charge in [0.1, 0.15) is 0 Å². The number of guanidine groups is 1. The number of anilines is 1. The molecule has 0 bridgehead atoms. The Morgan fingerprint density at radius 2 is 1.90 bits per heavy atom. The second kappa shape index (κ2) is 11.9. The molecule has 1 aromatic carbocycles. The monoisotopic (exact) mass is 539 g/mol. The Morgan fingerprint density at radius 1 is 1.10 bits per heavy atom. The normalized spacial score (nSPS) is 20.8. The molecule has 164 valence electrons. The fraction of sp³-hybridized carbons (Fsp3) is 0.522. The molecule has 2 aromatic rings. The van der Waals surface area contributed by atoms with Crippen LogP contribution >= 0.6 is 35.3 Å². The summed E-state index contributed by atoms with van der Waals surface area (Å²) in [7, 11) is 1.87. The van der Waals surface area contributed by atoms with Crippen LogP contribution in [0.25, 0.3) is 0 Å². The van der Waals surface area contributed by atoms with E-state index >= 15 is 0 Å². The lowest BCUT2D eigenvalue weighted by molar-refractivity contribution is 0.249. The van der Waals surface area contributed by atoms with Crippen molar-refractivity contribution in [1.29, 1.82) is 0 Å². The quantitative estimate of drug-likeness (QED) is 0.315. The molecule has 2 unspecified atom stereocenters. The van der Waals surface area contributed by atoms with Crippen LogP contribution in [0.5, 0.6) is 0 Å². The summed E-state index contributed by atoms with van der Waals surface area (Å²) in [5.41, 5.74) is 1.34. The van der Waals surface area contributed by atoms with Gasteiger partial charge in [0, 0.05) is 43.8 Å². The third kappa shape index (κ3) is 6.11. The predicted molar refractivity (Wildman–Crippen MR) is 139 cm³/mol. The molecule has 5 nitrogen and oxygen atoms in total. The van der Waals surface area contributed by atoms with Crippen molar-refractivity contribution in [3.05, 3.63) is 52.7 Å². The maximum absolute atomic E-state index is 4.47. The number of benzene rings is 1. The number of rotatable bonds is 7. The van der Waals surface area contributed by atoms with Gasteiger partial charge in [-0.1, -0.05) is 24.3 Å². The highest BCUT2D eigenvalue weighted by Gasteiger charge is 2.25. The Morgan fingerprint density at radius 3 is 2.60 bits per heavy atom. The minimum atomic E-state index is 0. The zero-order chi connectivity index (χ0) is 19.9. The van der Waals surface area contributed by atoms with E-state index in [9.17, 15) is 0 Å². The van der Waals surface area contributed by atoms with Crippen LogP contribution in [0, 0.1) is 5.92 Å². The number of likely N-dealkylation sites (tertiary alicyclic amines) is 1. The zero-order valence-corrected chi connectivity index (χ0v) is 20.9. The number of nitrogens with one attached hydrogen (secondary N) is 2. The van der Waals surface area contributed by atoms with Crippen LogP contribution in [0.4, 0.5) is 5.69 Å². The maximum atomic E-state index is 4.47. The smallest absolute Gasteiger partial charge is 0.191 e. The molecule has 0 saturated carbocycles. The molecular formula is C23H34IN5S. The molecule has 0 spiro atoms. The molecule has 30 heavy (non-hydrogen) atoms. The van der Waals surface area contributed by atoms with Crippen molar-refractivity contribution in [2.24, 2.45) is 10.9 Å². The summed E-state index contributed by atoms with van der Waals surface area (Å²) >= 11 is 1.86. The minimum absolute atomic E-state index is 0. The van der Waals surface area contributed by atoms with Gasteiger partial charge in [0.25, 0.3) is 0 Å². The largest absolute Gasteiger partial charge is 0.371 e. The molecule has 1 aromatic heterocycles. The van der Waals surface area contributed by atoms with E-state index in [4.69, 9.17) is 0 Å². The Hall–Kier alpha value is -1.32. The molecule has 2 atom stereocenters. The van der Waals surface area contributed by atoms with Gasteiger partial charge in [-0.25, -0.2) is 0 Å². The summed E-state index contributed by atoms with van der Waals surface area (Å²) < 4.78 is 0. The molecule has 2 fully saturated rings. The van der Waals surface area contributed by atoms with Crippen LogP contribution in [0.2, 0.25) is 0 Å². The van der Waals surface area contributed by atoms with E-state index in [2.05, 4.69) is 73.3 Å². The van der Waals surface area contributed by atoms with Gasteiger partial charge in [-0.05, 0) is 61.8 Å². The average molecular weight is 540 g/mol. The van der Waals surface area contributed by atoms with Crippen molar-refractivity contribution >= 4 is 47.0 Å². The molecule has 0 amide bonds. The molecule has 2 aliphatic rings. The summed E-state index contributed by atoms with van der Waals surface area (Å²) in [6, 6.07) is 15.6. The summed E-state index contributed by atoms with van der Waals surface area (Å²) in [5, 5.41) is 9.35. The highest BCUT2D eigenvalue weighted by atomic mass is 127. The van der Waals surface area contributed by atoms with Crippen LogP contribution in [-0.2, 0) is 0 Å². The van der Waals surface area contributed by atoms with Gasteiger partial charge < -0.3 is 15.5 Å². The first-order chi connectivity index (χ1) is 14.3. The maximum Gasteiger partial charge on any atom is 0.191 e. The van der Waals surface area contributed by atoms with Crippen LogP contribution in [0.15, 0.2) is 52.8 Å². The van der Waals surface area contributed by atoms with Crippen LogP contribution in [0.3, 0.4) is 0 Å². The molecule has 0 aliphatic carbocycles. The number of hydrogen-bond donors (Lipinski definition) is 2. The molecule has 4 rings (SSSR count). The first-order valence-corrected chi connectivity index (χ1v) is 11.7. The van der Waals surface area contributed by atoms with E-state index in [0.29, 0.717) is 12.0 Å². The second-order valence-electron chi connectivity index (χ2n) is 8.04. The van der Waals surface area contributed by atoms with Gasteiger partial charge in [-0.2, -0.15) is 0 Å². The van der Waals surface area contributed by atoms with E-state index in [0.717, 1.165) is 32.1 Å². The molecule has 2 N–H and O–H groups in total. The lowest BCUT2D eigenvalue weighted by atomic mass is 10.1. The second-order valence-corrected chi connectivity index (χ2v) is 9.02. The lowest BCUT2D eigenvalue weighted by Crippen LogP contribution is -2.44. The minimum Gasteiger partial charge on any atom is -0.371 e. The first-order valence-electron chi connectivity index (χ1n) is 10.9. The standard InChI is InChI=1S/C23H33N5S.HI/c1-24-23(25-16-19-11-14-28(18-19)20-8-3-2-4-9-20)26-17-21(22-10-7-15-29-22)27-12-5-6-13-27;/h2-4,7-10,15,19,21H,5-6,11-14,16-18H2,1H3,(H2,24,25,26);1H. The number of thiophene rings is 1. The van der Waals surface area contributed by atoms with E-state index in [1.807, 2.05) is 18.4 Å². The first kappa shape index (κ1) is 23.3. The number of halogens is 1. The van der Waals surface area contributed by atoms with Crippen molar-refractivity contribution in [1.82, 2.24) is 15.5 Å². The Labute approximate surface area is 202 Å². The van der Waals surface area contributed by atoms with Gasteiger partial charge in [-0.15, -0.1) is 35.3 Å². The Balaban J connectivity index is 0.00000256. The van der Waals surface area contributed by atoms with E-state index in [-0.39, 0.29) is 24.0 Å². The number of para-hydroxylation sites is 1. The predicted octanol–water partition coefficient (Wildman–Crippen LogP) is 4.19. The molecule has 2 saturated heterocycles. The van der Waals surface area contributed by atoms with E-state index < -0.39 is 0 Å². The molecule has 3 heterocycles. The average Bonchev–Trinajstić information content (AvgIpc) is 3.54. The Kier molecular flexibility index (Phi) is 9.27. The van der Waals surface area contributed by atoms with Crippen LogP contribution < -0.4 is 15.5 Å². The molecule has 0 radical (unpaired) electrons. The summed E-state index contributed by atoms with van der Waals surface area (Å²) in [4.78, 5) is 11.0. The van der Waals surface area contributed by atoms with E-state index in [1.54, 1.807) is 0 Å². The highest BCUT2D eigenvalue weighted by molar-refractivity contribution is 14.0. The zero-order valence-electron chi connectivity index (χ0n) is 17.8. The number of nitrogens with zero attached hydrogens (tertiary/aromatic N) is 3. The van der Waals surface area contributed by atoms with Crippen molar-refractivity contribution in [3.8, 4) is 0 Å². The molecular weight excluding hydrogens is 505 g/mol. The van der Waals surface area contributed by atoms with Gasteiger partial charge in [-0.3, -0.25) is 9.89 Å². The summed E-state index contributed by atoms with van der Waals surface area (Å²) in [5.74, 6) is 1.57. The lowest BCUT2D eigenvalue weighted by Gasteiger charge is -2.28. The van der Waals surface area contributed by atoms with Crippen LogP contribution in [-0.4, -0.2) is 57.2 Å². The third-order valence-electron chi connectivity index (χ3n) is 6.10. The van der Waals surface area contributed by atoms with Gasteiger partial charge in [0.05, 0.1) is 6.04 Å². The van der Waals surface area contributed by atoms with Crippen LogP contribution in [0.1, 0.15) is 30.2 Å².